The van der Waals surface area contributed by atoms with Crippen molar-refractivity contribution in [1.82, 2.24) is 25.0 Å². The lowest BCUT2D eigenvalue weighted by atomic mass is 10.2. The molecule has 7 nitrogen and oxygen atoms in total. The zero-order valence-electron chi connectivity index (χ0n) is 13.1. The van der Waals surface area contributed by atoms with Gasteiger partial charge in [-0.1, -0.05) is 15.9 Å². The average Bonchev–Trinajstić information content (AvgIpc) is 3.27. The zero-order valence-corrected chi connectivity index (χ0v) is 15.5. The summed E-state index contributed by atoms with van der Waals surface area (Å²) in [7, 11) is 0. The standard InChI is InChI=1S/C16H13BrN6OS/c1-18-13-12(17)15(25-14(13)10-5-6-20-21-8-10)16-19-9-23(22-16)11-4-2-3-7-24-11/h5-6,8-9,11H,2-4,7H2. The summed E-state index contributed by atoms with van der Waals surface area (Å²) in [6.07, 6.45) is 8.06. The molecule has 1 saturated heterocycles. The van der Waals surface area contributed by atoms with Crippen molar-refractivity contribution in [2.24, 2.45) is 0 Å². The van der Waals surface area contributed by atoms with E-state index in [9.17, 15) is 0 Å². The van der Waals surface area contributed by atoms with Gasteiger partial charge in [-0.05, 0) is 25.3 Å². The zero-order chi connectivity index (χ0) is 17.2. The van der Waals surface area contributed by atoms with E-state index in [0.29, 0.717) is 16.0 Å². The summed E-state index contributed by atoms with van der Waals surface area (Å²) in [5.74, 6) is 0.587. The normalized spacial score (nSPS) is 17.4. The van der Waals surface area contributed by atoms with Crippen LogP contribution in [0.4, 0.5) is 5.69 Å². The molecule has 1 atom stereocenters. The van der Waals surface area contributed by atoms with E-state index in [1.807, 2.05) is 6.07 Å². The predicted octanol–water partition coefficient (Wildman–Crippen LogP) is 4.48. The fourth-order valence-corrected chi connectivity index (χ4v) is 4.61. The van der Waals surface area contributed by atoms with Gasteiger partial charge in [-0.3, -0.25) is 0 Å². The average molecular weight is 417 g/mol. The van der Waals surface area contributed by atoms with Gasteiger partial charge in [-0.15, -0.1) is 16.4 Å². The molecule has 4 rings (SSSR count). The molecule has 1 aliphatic heterocycles. The second kappa shape index (κ2) is 7.00. The van der Waals surface area contributed by atoms with Crippen molar-refractivity contribution in [3.8, 4) is 21.1 Å². The summed E-state index contributed by atoms with van der Waals surface area (Å²) < 4.78 is 8.23. The molecular weight excluding hydrogens is 404 g/mol. The van der Waals surface area contributed by atoms with E-state index in [0.717, 1.165) is 41.2 Å². The first-order valence-electron chi connectivity index (χ1n) is 7.78. The highest BCUT2D eigenvalue weighted by molar-refractivity contribution is 9.10. The predicted molar refractivity (Wildman–Crippen MR) is 97.2 cm³/mol. The third-order valence-electron chi connectivity index (χ3n) is 3.95. The van der Waals surface area contributed by atoms with Crippen LogP contribution in [0.2, 0.25) is 0 Å². The lowest BCUT2D eigenvalue weighted by Gasteiger charge is -2.21. The minimum absolute atomic E-state index is 0.0575. The summed E-state index contributed by atoms with van der Waals surface area (Å²) >= 11 is 5.01. The van der Waals surface area contributed by atoms with Crippen LogP contribution >= 0.6 is 27.3 Å². The van der Waals surface area contributed by atoms with Crippen molar-refractivity contribution in [2.75, 3.05) is 6.61 Å². The van der Waals surface area contributed by atoms with Crippen molar-refractivity contribution in [2.45, 2.75) is 25.5 Å². The van der Waals surface area contributed by atoms with E-state index >= 15 is 0 Å². The Hall–Kier alpha value is -2.15. The first kappa shape index (κ1) is 16.3. The van der Waals surface area contributed by atoms with Gasteiger partial charge in [0.05, 0.1) is 23.8 Å². The lowest BCUT2D eigenvalue weighted by molar-refractivity contribution is -0.0395. The first-order chi connectivity index (χ1) is 12.3. The molecule has 0 aliphatic carbocycles. The molecule has 0 N–H and O–H groups in total. The molecule has 0 bridgehead atoms. The van der Waals surface area contributed by atoms with E-state index in [1.54, 1.807) is 23.4 Å². The summed E-state index contributed by atoms with van der Waals surface area (Å²) in [5.41, 5.74) is 1.39. The third-order valence-corrected chi connectivity index (χ3v) is 6.21. The number of halogens is 1. The molecule has 126 valence electrons. The van der Waals surface area contributed by atoms with Crippen molar-refractivity contribution >= 4 is 33.0 Å². The Morgan fingerprint density at radius 2 is 2.24 bits per heavy atom. The Morgan fingerprint density at radius 1 is 1.32 bits per heavy atom. The molecule has 1 unspecified atom stereocenters. The topological polar surface area (TPSA) is 70.1 Å². The molecule has 0 aromatic carbocycles. The largest absolute Gasteiger partial charge is 0.356 e. The van der Waals surface area contributed by atoms with Crippen molar-refractivity contribution in [3.63, 3.8) is 0 Å². The Labute approximate surface area is 156 Å². The Morgan fingerprint density at radius 3 is 2.96 bits per heavy atom. The molecule has 9 heteroatoms. The second-order valence-corrected chi connectivity index (χ2v) is 7.35. The Balaban J connectivity index is 1.73. The summed E-state index contributed by atoms with van der Waals surface area (Å²) in [4.78, 5) is 9.75. The van der Waals surface area contributed by atoms with E-state index < -0.39 is 0 Å². The van der Waals surface area contributed by atoms with Crippen LogP contribution in [0, 0.1) is 6.57 Å². The molecule has 25 heavy (non-hydrogen) atoms. The first-order valence-corrected chi connectivity index (χ1v) is 9.39. The number of ether oxygens (including phenoxy) is 1. The van der Waals surface area contributed by atoms with E-state index in [-0.39, 0.29) is 6.23 Å². The van der Waals surface area contributed by atoms with E-state index in [1.165, 1.54) is 11.3 Å². The van der Waals surface area contributed by atoms with Gasteiger partial charge in [0.25, 0.3) is 0 Å². The lowest BCUT2D eigenvalue weighted by Crippen LogP contribution is -2.18. The van der Waals surface area contributed by atoms with Crippen LogP contribution < -0.4 is 0 Å². The second-order valence-electron chi connectivity index (χ2n) is 5.54. The monoisotopic (exact) mass is 416 g/mol. The molecule has 4 heterocycles. The number of rotatable bonds is 3. The smallest absolute Gasteiger partial charge is 0.220 e. The molecule has 3 aromatic rings. The van der Waals surface area contributed by atoms with Crippen LogP contribution in [-0.4, -0.2) is 31.6 Å². The molecule has 0 saturated carbocycles. The molecule has 0 spiro atoms. The molecule has 1 fully saturated rings. The SMILES string of the molecule is [C-]#[N+]c1c(-c2ccnnc2)sc(-c2ncn(C3CCCCO3)n2)c1Br. The highest BCUT2D eigenvalue weighted by atomic mass is 79.9. The van der Waals surface area contributed by atoms with Gasteiger partial charge in [0.1, 0.15) is 6.33 Å². The highest BCUT2D eigenvalue weighted by Gasteiger charge is 2.23. The number of thiophene rings is 1. The van der Waals surface area contributed by atoms with Crippen molar-refractivity contribution in [3.05, 3.63) is 40.7 Å². The molecule has 0 amide bonds. The quantitative estimate of drug-likeness (QED) is 0.588. The van der Waals surface area contributed by atoms with Crippen molar-refractivity contribution in [1.29, 1.82) is 0 Å². The number of hydrogen-bond donors (Lipinski definition) is 0. The van der Waals surface area contributed by atoms with Gasteiger partial charge < -0.3 is 4.74 Å². The summed E-state index contributed by atoms with van der Waals surface area (Å²) in [5, 5.41) is 12.3. The number of aromatic nitrogens is 5. The number of hydrogen-bond acceptors (Lipinski definition) is 6. The van der Waals surface area contributed by atoms with Gasteiger partial charge >= 0.3 is 0 Å². The van der Waals surface area contributed by atoms with E-state index in [2.05, 4.69) is 41.1 Å². The van der Waals surface area contributed by atoms with Crippen LogP contribution in [0.15, 0.2) is 29.3 Å². The minimum atomic E-state index is -0.0575. The molecule has 1 aliphatic rings. The Kier molecular flexibility index (Phi) is 4.57. The van der Waals surface area contributed by atoms with Gasteiger partial charge in [0, 0.05) is 21.5 Å². The fraction of sp³-hybridized carbons (Fsp3) is 0.312. The van der Waals surface area contributed by atoms with Crippen LogP contribution in [0.25, 0.3) is 26.0 Å². The molecule has 0 radical (unpaired) electrons. The van der Waals surface area contributed by atoms with Crippen molar-refractivity contribution < 1.29 is 4.74 Å². The maximum atomic E-state index is 7.52. The molecular formula is C16H13BrN6OS. The van der Waals surface area contributed by atoms with Crippen LogP contribution in [0.3, 0.4) is 0 Å². The highest BCUT2D eigenvalue weighted by Crippen LogP contribution is 2.49. The maximum absolute atomic E-state index is 7.52. The summed E-state index contributed by atoms with van der Waals surface area (Å²) in [6, 6.07) is 1.84. The van der Waals surface area contributed by atoms with E-state index in [4.69, 9.17) is 11.3 Å². The molecule has 3 aromatic heterocycles. The Bertz CT molecular complexity index is 926. The summed E-state index contributed by atoms with van der Waals surface area (Å²) in [6.45, 7) is 8.27. The fourth-order valence-electron chi connectivity index (χ4n) is 2.72. The van der Waals surface area contributed by atoms with Crippen LogP contribution in [-0.2, 0) is 4.74 Å². The van der Waals surface area contributed by atoms with Gasteiger partial charge in [-0.2, -0.15) is 10.2 Å². The minimum Gasteiger partial charge on any atom is -0.356 e. The van der Waals surface area contributed by atoms with Crippen LogP contribution in [0.1, 0.15) is 25.5 Å². The van der Waals surface area contributed by atoms with Gasteiger partial charge in [0.2, 0.25) is 5.69 Å². The maximum Gasteiger partial charge on any atom is 0.220 e. The van der Waals surface area contributed by atoms with Gasteiger partial charge in [-0.25, -0.2) is 14.5 Å². The van der Waals surface area contributed by atoms with Crippen LogP contribution in [0.5, 0.6) is 0 Å². The van der Waals surface area contributed by atoms with Gasteiger partial charge in [0.15, 0.2) is 12.1 Å². The number of nitrogens with zero attached hydrogens (tertiary/aromatic N) is 6. The third kappa shape index (κ3) is 3.08.